The van der Waals surface area contributed by atoms with Crippen molar-refractivity contribution in [2.75, 3.05) is 5.73 Å². The van der Waals surface area contributed by atoms with Gasteiger partial charge in [-0.2, -0.15) is 4.98 Å². The molecule has 3 rings (SSSR count). The molecule has 0 unspecified atom stereocenters. The Kier molecular flexibility index (Phi) is 4.00. The van der Waals surface area contributed by atoms with Gasteiger partial charge in [-0.3, -0.25) is 0 Å². The van der Waals surface area contributed by atoms with Crippen molar-refractivity contribution in [3.63, 3.8) is 0 Å². The Morgan fingerprint density at radius 2 is 1.80 bits per heavy atom. The van der Waals surface area contributed by atoms with E-state index >= 15 is 0 Å². The van der Waals surface area contributed by atoms with Crippen LogP contribution in [0.25, 0.3) is 11.4 Å². The highest BCUT2D eigenvalue weighted by molar-refractivity contribution is 5.60. The molecule has 0 saturated heterocycles. The predicted molar refractivity (Wildman–Crippen MR) is 79.2 cm³/mol. The minimum absolute atomic E-state index is 0.428. The molecule has 1 fully saturated rings. The fourth-order valence-electron chi connectivity index (χ4n) is 2.90. The van der Waals surface area contributed by atoms with E-state index < -0.39 is 0 Å². The molecule has 1 aliphatic rings. The number of hydrogen-bond donors (Lipinski definition) is 1. The summed E-state index contributed by atoms with van der Waals surface area (Å²) in [4.78, 5) is 4.58. The van der Waals surface area contributed by atoms with E-state index in [1.165, 1.54) is 44.9 Å². The Morgan fingerprint density at radius 3 is 2.55 bits per heavy atom. The van der Waals surface area contributed by atoms with E-state index in [-0.39, 0.29) is 0 Å². The maximum atomic E-state index is 5.80. The monoisotopic (exact) mass is 271 g/mol. The Morgan fingerprint density at radius 1 is 1.05 bits per heavy atom. The quantitative estimate of drug-likeness (QED) is 0.833. The van der Waals surface area contributed by atoms with E-state index in [9.17, 15) is 0 Å². The van der Waals surface area contributed by atoms with Crippen LogP contribution < -0.4 is 5.73 Å². The Labute approximate surface area is 119 Å². The second kappa shape index (κ2) is 6.07. The van der Waals surface area contributed by atoms with Crippen LogP contribution in [0.2, 0.25) is 0 Å². The van der Waals surface area contributed by atoms with Crippen LogP contribution in [0.1, 0.15) is 56.8 Å². The first-order chi connectivity index (χ1) is 9.83. The molecular weight excluding hydrogens is 250 g/mol. The SMILES string of the molecule is Nc1cccc(-c2noc(C3CCCCCCC3)n2)c1. The number of rotatable bonds is 2. The average Bonchev–Trinajstić information content (AvgIpc) is 2.88. The zero-order chi connectivity index (χ0) is 13.8. The highest BCUT2D eigenvalue weighted by Crippen LogP contribution is 2.31. The molecule has 0 atom stereocenters. The van der Waals surface area contributed by atoms with Gasteiger partial charge in [-0.05, 0) is 25.0 Å². The van der Waals surface area contributed by atoms with Crippen molar-refractivity contribution in [2.45, 2.75) is 50.9 Å². The number of hydrogen-bond acceptors (Lipinski definition) is 4. The molecule has 1 heterocycles. The molecule has 1 aromatic carbocycles. The maximum absolute atomic E-state index is 5.80. The third kappa shape index (κ3) is 3.00. The standard InChI is InChI=1S/C16H21N3O/c17-14-10-6-9-13(11-14)15-18-16(20-19-15)12-7-4-2-1-3-5-8-12/h6,9-12H,1-5,7-8,17H2. The summed E-state index contributed by atoms with van der Waals surface area (Å²) >= 11 is 0. The Bertz CT molecular complexity index is 556. The van der Waals surface area contributed by atoms with Crippen molar-refractivity contribution in [2.24, 2.45) is 0 Å². The molecule has 0 amide bonds. The normalized spacial score (nSPS) is 17.6. The van der Waals surface area contributed by atoms with Crippen molar-refractivity contribution in [1.82, 2.24) is 10.1 Å². The molecule has 1 aliphatic carbocycles. The van der Waals surface area contributed by atoms with E-state index in [0.29, 0.717) is 11.7 Å². The summed E-state index contributed by atoms with van der Waals surface area (Å²) in [5.74, 6) is 1.87. The first-order valence-electron chi connectivity index (χ1n) is 7.52. The van der Waals surface area contributed by atoms with Gasteiger partial charge in [0.1, 0.15) is 0 Å². The lowest BCUT2D eigenvalue weighted by molar-refractivity contribution is 0.323. The lowest BCUT2D eigenvalue weighted by atomic mass is 9.91. The first-order valence-corrected chi connectivity index (χ1v) is 7.52. The van der Waals surface area contributed by atoms with Crippen LogP contribution in [-0.4, -0.2) is 10.1 Å². The summed E-state index contributed by atoms with van der Waals surface area (Å²) in [7, 11) is 0. The molecule has 0 spiro atoms. The molecule has 2 aromatic rings. The van der Waals surface area contributed by atoms with Crippen molar-refractivity contribution in [1.29, 1.82) is 0 Å². The summed E-state index contributed by atoms with van der Waals surface area (Å²) < 4.78 is 5.49. The zero-order valence-corrected chi connectivity index (χ0v) is 11.7. The van der Waals surface area contributed by atoms with E-state index in [1.807, 2.05) is 24.3 Å². The minimum atomic E-state index is 0.428. The van der Waals surface area contributed by atoms with Crippen LogP contribution >= 0.6 is 0 Å². The Balaban J connectivity index is 1.78. The number of aromatic nitrogens is 2. The van der Waals surface area contributed by atoms with Gasteiger partial charge in [0.25, 0.3) is 0 Å². The molecule has 106 valence electrons. The molecule has 0 bridgehead atoms. The number of nitrogen functional groups attached to an aromatic ring is 1. The van der Waals surface area contributed by atoms with Crippen molar-refractivity contribution >= 4 is 5.69 Å². The highest BCUT2D eigenvalue weighted by atomic mass is 16.5. The molecule has 0 aliphatic heterocycles. The van der Waals surface area contributed by atoms with Crippen LogP contribution in [-0.2, 0) is 0 Å². The summed E-state index contributed by atoms with van der Waals surface area (Å²) in [6.45, 7) is 0. The second-order valence-electron chi connectivity index (χ2n) is 5.62. The molecule has 2 N–H and O–H groups in total. The second-order valence-corrected chi connectivity index (χ2v) is 5.62. The molecule has 0 radical (unpaired) electrons. The van der Waals surface area contributed by atoms with Gasteiger partial charge in [0.15, 0.2) is 0 Å². The van der Waals surface area contributed by atoms with Gasteiger partial charge in [-0.25, -0.2) is 0 Å². The fraction of sp³-hybridized carbons (Fsp3) is 0.500. The van der Waals surface area contributed by atoms with E-state index in [1.54, 1.807) is 0 Å². The van der Waals surface area contributed by atoms with Gasteiger partial charge in [0.2, 0.25) is 11.7 Å². The lowest BCUT2D eigenvalue weighted by Gasteiger charge is -2.15. The summed E-state index contributed by atoms with van der Waals surface area (Å²) in [6.07, 6.45) is 8.88. The van der Waals surface area contributed by atoms with Crippen molar-refractivity contribution in [3.05, 3.63) is 30.2 Å². The third-order valence-electron chi connectivity index (χ3n) is 4.04. The smallest absolute Gasteiger partial charge is 0.230 e. The molecule has 1 saturated carbocycles. The topological polar surface area (TPSA) is 64.9 Å². The summed E-state index contributed by atoms with van der Waals surface area (Å²) in [5.41, 5.74) is 7.44. The van der Waals surface area contributed by atoms with Gasteiger partial charge in [-0.1, -0.05) is 49.4 Å². The minimum Gasteiger partial charge on any atom is -0.399 e. The van der Waals surface area contributed by atoms with Crippen LogP contribution in [0.5, 0.6) is 0 Å². The summed E-state index contributed by atoms with van der Waals surface area (Å²) in [6, 6.07) is 7.62. The van der Waals surface area contributed by atoms with Gasteiger partial charge in [0, 0.05) is 17.2 Å². The molecule has 1 aromatic heterocycles. The maximum Gasteiger partial charge on any atom is 0.230 e. The van der Waals surface area contributed by atoms with Crippen LogP contribution in [0, 0.1) is 0 Å². The third-order valence-corrected chi connectivity index (χ3v) is 4.04. The van der Waals surface area contributed by atoms with E-state index in [4.69, 9.17) is 10.3 Å². The largest absolute Gasteiger partial charge is 0.399 e. The zero-order valence-electron chi connectivity index (χ0n) is 11.7. The number of benzene rings is 1. The van der Waals surface area contributed by atoms with Gasteiger partial charge < -0.3 is 10.3 Å². The molecule has 4 heteroatoms. The van der Waals surface area contributed by atoms with Crippen LogP contribution in [0.4, 0.5) is 5.69 Å². The van der Waals surface area contributed by atoms with Gasteiger partial charge in [0.05, 0.1) is 0 Å². The molecule has 20 heavy (non-hydrogen) atoms. The molecule has 4 nitrogen and oxygen atoms in total. The average molecular weight is 271 g/mol. The van der Waals surface area contributed by atoms with E-state index in [0.717, 1.165) is 17.1 Å². The number of nitrogens with zero attached hydrogens (tertiary/aromatic N) is 2. The van der Waals surface area contributed by atoms with Crippen LogP contribution in [0.3, 0.4) is 0 Å². The van der Waals surface area contributed by atoms with Gasteiger partial charge >= 0.3 is 0 Å². The van der Waals surface area contributed by atoms with Crippen molar-refractivity contribution < 1.29 is 4.52 Å². The van der Waals surface area contributed by atoms with Gasteiger partial charge in [-0.15, -0.1) is 0 Å². The van der Waals surface area contributed by atoms with Crippen molar-refractivity contribution in [3.8, 4) is 11.4 Å². The first kappa shape index (κ1) is 13.2. The number of nitrogens with two attached hydrogens (primary N) is 1. The highest BCUT2D eigenvalue weighted by Gasteiger charge is 2.20. The van der Waals surface area contributed by atoms with E-state index in [2.05, 4.69) is 10.1 Å². The number of anilines is 1. The lowest BCUT2D eigenvalue weighted by Crippen LogP contribution is -2.02. The Hall–Kier alpha value is -1.84. The molecular formula is C16H21N3O. The van der Waals surface area contributed by atoms with Crippen LogP contribution in [0.15, 0.2) is 28.8 Å². The predicted octanol–water partition coefficient (Wildman–Crippen LogP) is 4.15. The summed E-state index contributed by atoms with van der Waals surface area (Å²) in [5, 5.41) is 4.12. The fourth-order valence-corrected chi connectivity index (χ4v) is 2.90.